The molecule has 1 fully saturated rings. The number of aliphatic carboxylic acids is 1. The second-order valence-corrected chi connectivity index (χ2v) is 10.1. The highest BCUT2D eigenvalue weighted by molar-refractivity contribution is 7.14. The van der Waals surface area contributed by atoms with Crippen LogP contribution in [-0.2, 0) is 16.0 Å². The molecular weight excluding hydrogens is 505 g/mol. The molecule has 1 N–H and O–H groups in total. The van der Waals surface area contributed by atoms with Crippen molar-refractivity contribution in [1.29, 1.82) is 0 Å². The zero-order valence-electron chi connectivity index (χ0n) is 20.7. The molecule has 7 nitrogen and oxygen atoms in total. The summed E-state index contributed by atoms with van der Waals surface area (Å²) in [5.74, 6) is -1.71. The van der Waals surface area contributed by atoms with Crippen molar-refractivity contribution in [3.63, 3.8) is 0 Å². The van der Waals surface area contributed by atoms with E-state index in [0.717, 1.165) is 40.9 Å². The second kappa shape index (κ2) is 11.1. The van der Waals surface area contributed by atoms with Gasteiger partial charge in [0.05, 0.1) is 19.4 Å². The van der Waals surface area contributed by atoms with Crippen LogP contribution < -0.4 is 9.64 Å². The van der Waals surface area contributed by atoms with Crippen molar-refractivity contribution in [2.24, 2.45) is 5.92 Å². The molecule has 0 spiro atoms. The van der Waals surface area contributed by atoms with E-state index in [9.17, 15) is 14.7 Å². The molecule has 5 rings (SSSR count). The van der Waals surface area contributed by atoms with E-state index in [0.29, 0.717) is 11.4 Å². The summed E-state index contributed by atoms with van der Waals surface area (Å²) in [7, 11) is 1.54. The number of ether oxygens (including phenoxy) is 1. The maximum absolute atomic E-state index is 15.5. The third-order valence-electron chi connectivity index (χ3n) is 6.46. The molecule has 9 heteroatoms. The predicted octanol–water partition coefficient (Wildman–Crippen LogP) is 5.85. The van der Waals surface area contributed by atoms with Crippen LogP contribution in [0.4, 0.5) is 9.52 Å². The molecule has 0 radical (unpaired) electrons. The number of hydrogen-bond acceptors (Lipinski definition) is 6. The average molecular weight is 532 g/mol. The zero-order chi connectivity index (χ0) is 26.6. The lowest BCUT2D eigenvalue weighted by atomic mass is 9.94. The Labute approximate surface area is 223 Å². The van der Waals surface area contributed by atoms with Gasteiger partial charge in [0.15, 0.2) is 5.13 Å². The van der Waals surface area contributed by atoms with Crippen molar-refractivity contribution in [2.45, 2.75) is 31.7 Å². The summed E-state index contributed by atoms with van der Waals surface area (Å²) in [6.07, 6.45) is 3.15. The Bertz CT molecular complexity index is 1440. The van der Waals surface area contributed by atoms with E-state index in [2.05, 4.69) is 9.97 Å². The van der Waals surface area contributed by atoms with Gasteiger partial charge in [-0.05, 0) is 36.5 Å². The normalized spacial score (nSPS) is 13.6. The lowest BCUT2D eigenvalue weighted by molar-refractivity contribution is -0.140. The number of rotatable bonds is 10. The number of amides is 1. The molecule has 0 aliphatic heterocycles. The van der Waals surface area contributed by atoms with Crippen LogP contribution in [0.5, 0.6) is 5.88 Å². The zero-order valence-corrected chi connectivity index (χ0v) is 21.5. The largest absolute Gasteiger partial charge is 0.481 e. The molecule has 4 aromatic rings. The number of hydrogen-bond donors (Lipinski definition) is 1. The second-order valence-electron chi connectivity index (χ2n) is 9.18. The van der Waals surface area contributed by atoms with Gasteiger partial charge in [0, 0.05) is 29.4 Å². The summed E-state index contributed by atoms with van der Waals surface area (Å²) < 4.78 is 20.6. The number of aromatic nitrogens is 2. The first kappa shape index (κ1) is 25.5. The Morgan fingerprint density at radius 1 is 1.08 bits per heavy atom. The van der Waals surface area contributed by atoms with Crippen LogP contribution in [0.1, 0.15) is 24.8 Å². The minimum Gasteiger partial charge on any atom is -0.481 e. The van der Waals surface area contributed by atoms with Crippen LogP contribution in [0.3, 0.4) is 0 Å². The molecule has 38 heavy (non-hydrogen) atoms. The quantitative estimate of drug-likeness (QED) is 0.276. The third-order valence-corrected chi connectivity index (χ3v) is 7.31. The standard InChI is InChI=1S/C29H26FN3O4S/c1-37-24-14-11-19(17-31-24)22-9-5-6-10-23(22)26-27(30)38-29(32-26)33(21-12-13-21)28(36)20(16-25(34)35)15-18-7-3-2-4-8-18/h2-11,14,17,20-21H,12-13,15-16H2,1H3,(H,34,35). The van der Waals surface area contributed by atoms with Crippen LogP contribution in [0.15, 0.2) is 72.9 Å². The molecule has 194 valence electrons. The highest BCUT2D eigenvalue weighted by atomic mass is 32.1. The summed E-state index contributed by atoms with van der Waals surface area (Å²) in [4.78, 5) is 35.8. The molecule has 2 aromatic carbocycles. The van der Waals surface area contributed by atoms with E-state index in [4.69, 9.17) is 4.74 Å². The van der Waals surface area contributed by atoms with E-state index in [1.54, 1.807) is 24.4 Å². The van der Waals surface area contributed by atoms with Gasteiger partial charge < -0.3 is 9.84 Å². The van der Waals surface area contributed by atoms with Gasteiger partial charge in [-0.1, -0.05) is 65.9 Å². The SMILES string of the molecule is COc1ccc(-c2ccccc2-c2nc(N(C(=O)C(CC(=O)O)Cc3ccccc3)C3CC3)sc2F)cn1. The number of methoxy groups -OCH3 is 1. The minimum atomic E-state index is -1.05. The lowest BCUT2D eigenvalue weighted by Crippen LogP contribution is -2.39. The molecule has 0 saturated heterocycles. The number of anilines is 1. The fourth-order valence-corrected chi connectivity index (χ4v) is 5.36. The first-order valence-corrected chi connectivity index (χ1v) is 13.1. The van der Waals surface area contributed by atoms with Gasteiger partial charge in [-0.25, -0.2) is 9.97 Å². The van der Waals surface area contributed by atoms with Crippen molar-refractivity contribution < 1.29 is 23.8 Å². The molecular formula is C29H26FN3O4S. The van der Waals surface area contributed by atoms with Gasteiger partial charge in [0.2, 0.25) is 16.9 Å². The summed E-state index contributed by atoms with van der Waals surface area (Å²) >= 11 is 0.811. The Morgan fingerprint density at radius 3 is 2.42 bits per heavy atom. The van der Waals surface area contributed by atoms with Gasteiger partial charge in [-0.15, -0.1) is 0 Å². The molecule has 2 heterocycles. The molecule has 1 atom stereocenters. The van der Waals surface area contributed by atoms with E-state index >= 15 is 4.39 Å². The third kappa shape index (κ3) is 5.57. The number of carbonyl (C=O) groups is 2. The van der Waals surface area contributed by atoms with Crippen molar-refractivity contribution in [3.05, 3.63) is 83.6 Å². The lowest BCUT2D eigenvalue weighted by Gasteiger charge is -2.24. The van der Waals surface area contributed by atoms with Crippen molar-refractivity contribution in [3.8, 4) is 28.3 Å². The van der Waals surface area contributed by atoms with E-state index < -0.39 is 17.0 Å². The van der Waals surface area contributed by atoms with Gasteiger partial charge in [0.25, 0.3) is 0 Å². The number of benzene rings is 2. The molecule has 2 aromatic heterocycles. The van der Waals surface area contributed by atoms with Crippen LogP contribution in [-0.4, -0.2) is 40.1 Å². The van der Waals surface area contributed by atoms with Crippen LogP contribution in [0.25, 0.3) is 22.4 Å². The Balaban J connectivity index is 1.49. The van der Waals surface area contributed by atoms with Crippen molar-refractivity contribution in [1.82, 2.24) is 9.97 Å². The molecule has 0 bridgehead atoms. The Hall–Kier alpha value is -4.11. The van der Waals surface area contributed by atoms with E-state index in [1.165, 1.54) is 12.0 Å². The van der Waals surface area contributed by atoms with E-state index in [-0.39, 0.29) is 35.6 Å². The first-order valence-electron chi connectivity index (χ1n) is 12.3. The molecule has 1 amide bonds. The van der Waals surface area contributed by atoms with Gasteiger partial charge in [-0.2, -0.15) is 4.39 Å². The number of nitrogens with zero attached hydrogens (tertiary/aromatic N) is 3. The maximum Gasteiger partial charge on any atom is 0.304 e. The monoisotopic (exact) mass is 531 g/mol. The number of carboxylic acid groups (broad SMARTS) is 1. The minimum absolute atomic E-state index is 0.117. The predicted molar refractivity (Wildman–Crippen MR) is 144 cm³/mol. The fourth-order valence-electron chi connectivity index (χ4n) is 4.48. The summed E-state index contributed by atoms with van der Waals surface area (Å²) in [5.41, 5.74) is 3.11. The summed E-state index contributed by atoms with van der Waals surface area (Å²) in [6, 6.07) is 20.1. The molecule has 1 unspecified atom stereocenters. The summed E-state index contributed by atoms with van der Waals surface area (Å²) in [6.45, 7) is 0. The Kier molecular flexibility index (Phi) is 7.46. The molecule has 1 saturated carbocycles. The first-order chi connectivity index (χ1) is 18.4. The molecule has 1 aliphatic rings. The van der Waals surface area contributed by atoms with E-state index in [1.807, 2.05) is 48.5 Å². The number of halogens is 1. The smallest absolute Gasteiger partial charge is 0.304 e. The van der Waals surface area contributed by atoms with Crippen LogP contribution in [0.2, 0.25) is 0 Å². The molecule has 1 aliphatic carbocycles. The van der Waals surface area contributed by atoms with Crippen molar-refractivity contribution >= 4 is 28.3 Å². The number of carboxylic acids is 1. The topological polar surface area (TPSA) is 92.6 Å². The Morgan fingerprint density at radius 2 is 1.79 bits per heavy atom. The highest BCUT2D eigenvalue weighted by Gasteiger charge is 2.40. The number of carbonyl (C=O) groups excluding carboxylic acids is 1. The van der Waals surface area contributed by atoms with Crippen LogP contribution >= 0.6 is 11.3 Å². The number of thiazole rings is 1. The van der Waals surface area contributed by atoms with Gasteiger partial charge >= 0.3 is 5.97 Å². The number of pyridine rings is 1. The maximum atomic E-state index is 15.5. The fraction of sp³-hybridized carbons (Fsp3) is 0.241. The van der Waals surface area contributed by atoms with Gasteiger partial charge in [-0.3, -0.25) is 14.5 Å². The highest BCUT2D eigenvalue weighted by Crippen LogP contribution is 2.41. The van der Waals surface area contributed by atoms with Crippen molar-refractivity contribution in [2.75, 3.05) is 12.0 Å². The van der Waals surface area contributed by atoms with Crippen LogP contribution in [0, 0.1) is 11.0 Å². The van der Waals surface area contributed by atoms with Gasteiger partial charge in [0.1, 0.15) is 5.69 Å². The summed E-state index contributed by atoms with van der Waals surface area (Å²) in [5, 5.41) is 9.27. The average Bonchev–Trinajstić information content (AvgIpc) is 3.69.